The minimum Gasteiger partial charge on any atom is -0.870 e. The SMILES string of the molecule is [O]c1ccc(Cl)cc1[O-]. The fraction of sp³-hybridized carbons (Fsp3) is 0. The molecule has 0 aliphatic carbocycles. The van der Waals surface area contributed by atoms with Crippen LogP contribution in [-0.2, 0) is 5.11 Å². The molecule has 0 bridgehead atoms. The molecule has 47 valence electrons. The molecule has 0 N–H and O–H groups in total. The van der Waals surface area contributed by atoms with E-state index in [1.165, 1.54) is 6.07 Å². The molecular weight excluding hydrogens is 140 g/mol. The number of rotatable bonds is 0. The third-order valence-electron chi connectivity index (χ3n) is 0.906. The molecule has 0 saturated carbocycles. The van der Waals surface area contributed by atoms with Crippen LogP contribution in [0.2, 0.25) is 5.02 Å². The van der Waals surface area contributed by atoms with Gasteiger partial charge >= 0.3 is 0 Å². The van der Waals surface area contributed by atoms with Gasteiger partial charge in [-0.1, -0.05) is 17.4 Å². The van der Waals surface area contributed by atoms with Crippen molar-refractivity contribution in [3.05, 3.63) is 23.2 Å². The van der Waals surface area contributed by atoms with Crippen molar-refractivity contribution in [2.45, 2.75) is 0 Å². The van der Waals surface area contributed by atoms with Crippen molar-refractivity contribution in [3.8, 4) is 11.5 Å². The predicted octanol–water partition coefficient (Wildman–Crippen LogP) is 1.56. The molecule has 0 atom stereocenters. The Labute approximate surface area is 57.3 Å². The van der Waals surface area contributed by atoms with Crippen LogP contribution in [0.15, 0.2) is 18.2 Å². The predicted molar refractivity (Wildman–Crippen MR) is 31.0 cm³/mol. The summed E-state index contributed by atoms with van der Waals surface area (Å²) in [5.74, 6) is -1.07. The van der Waals surface area contributed by atoms with Gasteiger partial charge in [-0.05, 0) is 18.2 Å². The van der Waals surface area contributed by atoms with E-state index in [1.807, 2.05) is 0 Å². The molecule has 0 unspecified atom stereocenters. The molecule has 2 nitrogen and oxygen atoms in total. The van der Waals surface area contributed by atoms with Crippen LogP contribution in [0.5, 0.6) is 11.5 Å². The van der Waals surface area contributed by atoms with Crippen LogP contribution in [0.3, 0.4) is 0 Å². The zero-order chi connectivity index (χ0) is 6.85. The van der Waals surface area contributed by atoms with Gasteiger partial charge in [0.25, 0.3) is 0 Å². The van der Waals surface area contributed by atoms with Gasteiger partial charge in [0.2, 0.25) is 0 Å². The van der Waals surface area contributed by atoms with E-state index in [9.17, 15) is 10.2 Å². The fourth-order valence-electron chi connectivity index (χ4n) is 0.482. The smallest absolute Gasteiger partial charge is 0.170 e. The third kappa shape index (κ3) is 1.27. The largest absolute Gasteiger partial charge is 0.870 e. The lowest BCUT2D eigenvalue weighted by atomic mass is 10.3. The minimum atomic E-state index is -0.553. The van der Waals surface area contributed by atoms with Crippen LogP contribution >= 0.6 is 11.6 Å². The van der Waals surface area contributed by atoms with Crippen molar-refractivity contribution in [1.29, 1.82) is 0 Å². The van der Waals surface area contributed by atoms with E-state index in [4.69, 9.17) is 11.6 Å². The fourth-order valence-corrected chi connectivity index (χ4v) is 0.644. The first-order valence-corrected chi connectivity index (χ1v) is 2.71. The third-order valence-corrected chi connectivity index (χ3v) is 1.14. The summed E-state index contributed by atoms with van der Waals surface area (Å²) in [5.41, 5.74) is 0. The molecule has 0 saturated heterocycles. The van der Waals surface area contributed by atoms with Crippen molar-refractivity contribution in [2.75, 3.05) is 0 Å². The zero-order valence-electron chi connectivity index (χ0n) is 4.43. The highest BCUT2D eigenvalue weighted by Crippen LogP contribution is 2.24. The van der Waals surface area contributed by atoms with Gasteiger partial charge in [-0.15, -0.1) is 0 Å². The van der Waals surface area contributed by atoms with Crippen LogP contribution < -0.4 is 5.11 Å². The second kappa shape index (κ2) is 2.15. The summed E-state index contributed by atoms with van der Waals surface area (Å²) < 4.78 is 0. The first-order chi connectivity index (χ1) is 4.20. The Morgan fingerprint density at radius 1 is 1.44 bits per heavy atom. The van der Waals surface area contributed by atoms with Crippen LogP contribution in [0.1, 0.15) is 0 Å². The second-order valence-electron chi connectivity index (χ2n) is 1.59. The number of hydrogen-bond acceptors (Lipinski definition) is 1. The van der Waals surface area contributed by atoms with E-state index >= 15 is 0 Å². The second-order valence-corrected chi connectivity index (χ2v) is 2.03. The van der Waals surface area contributed by atoms with Crippen molar-refractivity contribution in [3.63, 3.8) is 0 Å². The zero-order valence-corrected chi connectivity index (χ0v) is 5.18. The van der Waals surface area contributed by atoms with Crippen LogP contribution in [-0.4, -0.2) is 0 Å². The van der Waals surface area contributed by atoms with E-state index < -0.39 is 11.5 Å². The Hall–Kier alpha value is -0.890. The first kappa shape index (κ1) is 6.23. The van der Waals surface area contributed by atoms with Crippen molar-refractivity contribution in [2.24, 2.45) is 0 Å². The molecule has 0 spiro atoms. The van der Waals surface area contributed by atoms with Crippen molar-refractivity contribution < 1.29 is 10.2 Å². The molecule has 1 aromatic rings. The van der Waals surface area contributed by atoms with Gasteiger partial charge in [0.1, 0.15) is 0 Å². The Bertz CT molecular complexity index is 222. The lowest BCUT2D eigenvalue weighted by molar-refractivity contribution is -0.270. The van der Waals surface area contributed by atoms with Crippen molar-refractivity contribution >= 4 is 11.6 Å². The Morgan fingerprint density at radius 2 is 2.11 bits per heavy atom. The Balaban J connectivity index is 3.17. The molecular formula is C6H3ClO2-. The van der Waals surface area contributed by atoms with E-state index in [0.717, 1.165) is 12.1 Å². The van der Waals surface area contributed by atoms with Crippen LogP contribution in [0.4, 0.5) is 0 Å². The standard InChI is InChI=1S/C6H4ClO2/c7-4-1-2-5(8)6(9)3-4/h1-3,9H/p-1. The van der Waals surface area contributed by atoms with E-state index in [0.29, 0.717) is 5.02 Å². The molecule has 3 heteroatoms. The van der Waals surface area contributed by atoms with E-state index in [-0.39, 0.29) is 0 Å². The van der Waals surface area contributed by atoms with E-state index in [2.05, 4.69) is 0 Å². The highest BCUT2D eigenvalue weighted by atomic mass is 35.5. The summed E-state index contributed by atoms with van der Waals surface area (Å²) in [4.78, 5) is 0. The Morgan fingerprint density at radius 3 is 2.56 bits per heavy atom. The number of benzene rings is 1. The summed E-state index contributed by atoms with van der Waals surface area (Å²) in [7, 11) is 0. The summed E-state index contributed by atoms with van der Waals surface area (Å²) in [5, 5.41) is 21.1. The maximum Gasteiger partial charge on any atom is 0.170 e. The quantitative estimate of drug-likeness (QED) is 0.542. The highest BCUT2D eigenvalue weighted by Gasteiger charge is 1.91. The molecule has 0 aliphatic rings. The molecule has 0 aromatic heterocycles. The topological polar surface area (TPSA) is 43.0 Å². The van der Waals surface area contributed by atoms with Gasteiger partial charge in [0.05, 0.1) is 0 Å². The summed E-state index contributed by atoms with van der Waals surface area (Å²) >= 11 is 5.38. The van der Waals surface area contributed by atoms with Crippen LogP contribution in [0.25, 0.3) is 0 Å². The van der Waals surface area contributed by atoms with Gasteiger partial charge in [0.15, 0.2) is 5.75 Å². The monoisotopic (exact) mass is 142 g/mol. The number of halogens is 1. The average Bonchev–Trinajstić information content (AvgIpc) is 1.80. The first-order valence-electron chi connectivity index (χ1n) is 2.34. The molecule has 0 amide bonds. The lowest BCUT2D eigenvalue weighted by Crippen LogP contribution is -1.87. The van der Waals surface area contributed by atoms with E-state index in [1.54, 1.807) is 0 Å². The molecule has 1 radical (unpaired) electrons. The highest BCUT2D eigenvalue weighted by molar-refractivity contribution is 6.30. The molecule has 1 rings (SSSR count). The van der Waals surface area contributed by atoms with Crippen molar-refractivity contribution in [1.82, 2.24) is 0 Å². The molecule has 0 fully saturated rings. The summed E-state index contributed by atoms with van der Waals surface area (Å²) in [6.07, 6.45) is 0. The van der Waals surface area contributed by atoms with Gasteiger partial charge in [0, 0.05) is 5.02 Å². The normalized spacial score (nSPS) is 9.44. The molecule has 9 heavy (non-hydrogen) atoms. The molecule has 0 heterocycles. The maximum atomic E-state index is 10.4. The number of hydrogen-bond donors (Lipinski definition) is 0. The molecule has 0 aliphatic heterocycles. The lowest BCUT2D eigenvalue weighted by Gasteiger charge is -2.03. The minimum absolute atomic E-state index is 0.305. The Kier molecular flexibility index (Phi) is 1.49. The van der Waals surface area contributed by atoms with Gasteiger partial charge < -0.3 is 5.11 Å². The average molecular weight is 143 g/mol. The van der Waals surface area contributed by atoms with Gasteiger partial charge in [-0.25, -0.2) is 0 Å². The van der Waals surface area contributed by atoms with Gasteiger partial charge in [-0.3, -0.25) is 5.11 Å². The van der Waals surface area contributed by atoms with Gasteiger partial charge in [-0.2, -0.15) is 0 Å². The maximum absolute atomic E-state index is 10.4. The summed E-state index contributed by atoms with van der Waals surface area (Å²) in [6.45, 7) is 0. The van der Waals surface area contributed by atoms with Crippen LogP contribution in [0, 0.1) is 0 Å². The summed E-state index contributed by atoms with van der Waals surface area (Å²) in [6, 6.07) is 3.65. The molecule has 1 aromatic carbocycles.